The summed E-state index contributed by atoms with van der Waals surface area (Å²) < 4.78 is 10.7. The fourth-order valence-corrected chi connectivity index (χ4v) is 2.38. The Bertz CT molecular complexity index is 505. The highest BCUT2D eigenvalue weighted by atomic mass is 16.5. The minimum absolute atomic E-state index is 0.0358. The average molecular weight is 307 g/mol. The normalized spacial score (nSPS) is 21.6. The van der Waals surface area contributed by atoms with Gasteiger partial charge < -0.3 is 19.5 Å². The molecular weight excluding hydrogens is 286 g/mol. The maximum atomic E-state index is 12.1. The summed E-state index contributed by atoms with van der Waals surface area (Å²) in [5, 5.41) is 9.00. The number of carboxylic acids is 1. The highest BCUT2D eigenvalue weighted by molar-refractivity contribution is 5.79. The van der Waals surface area contributed by atoms with E-state index in [0.29, 0.717) is 13.2 Å². The van der Waals surface area contributed by atoms with Crippen LogP contribution in [0.1, 0.15) is 12.5 Å². The number of hydrogen-bond acceptors (Lipinski definition) is 4. The smallest absolute Gasteiger partial charge is 0.334 e. The van der Waals surface area contributed by atoms with Gasteiger partial charge in [-0.15, -0.1) is 0 Å². The molecule has 1 heterocycles. The molecule has 0 aliphatic carbocycles. The molecule has 0 radical (unpaired) electrons. The Balaban J connectivity index is 1.73. The summed E-state index contributed by atoms with van der Waals surface area (Å²) in [7, 11) is 0. The second-order valence-corrected chi connectivity index (χ2v) is 5.36. The first-order chi connectivity index (χ1) is 10.6. The molecule has 2 atom stereocenters. The Morgan fingerprint density at radius 2 is 2.05 bits per heavy atom. The molecular formula is C16H21NO5. The summed E-state index contributed by atoms with van der Waals surface area (Å²) >= 11 is 0. The van der Waals surface area contributed by atoms with Crippen molar-refractivity contribution in [3.05, 3.63) is 35.9 Å². The van der Waals surface area contributed by atoms with Gasteiger partial charge in [0.05, 0.1) is 19.3 Å². The molecule has 0 spiro atoms. The molecule has 2 rings (SSSR count). The minimum atomic E-state index is -1.05. The number of hydrogen-bond donors (Lipinski definition) is 1. The van der Waals surface area contributed by atoms with Crippen LogP contribution in [0, 0.1) is 0 Å². The molecule has 0 bridgehead atoms. The molecule has 22 heavy (non-hydrogen) atoms. The third-order valence-corrected chi connectivity index (χ3v) is 3.49. The number of ether oxygens (including phenoxy) is 2. The summed E-state index contributed by atoms with van der Waals surface area (Å²) in [6, 6.07) is 9.88. The molecule has 1 unspecified atom stereocenters. The number of amides is 1. The van der Waals surface area contributed by atoms with Crippen LogP contribution in [0.3, 0.4) is 0 Å². The lowest BCUT2D eigenvalue weighted by Crippen LogP contribution is -2.52. The van der Waals surface area contributed by atoms with Crippen molar-refractivity contribution in [2.24, 2.45) is 0 Å². The van der Waals surface area contributed by atoms with Crippen molar-refractivity contribution >= 4 is 11.9 Å². The number of carboxylic acid groups (broad SMARTS) is 1. The van der Waals surface area contributed by atoms with Crippen molar-refractivity contribution < 1.29 is 24.2 Å². The maximum Gasteiger partial charge on any atom is 0.334 e. The Hall–Kier alpha value is -1.92. The Morgan fingerprint density at radius 1 is 1.32 bits per heavy atom. The van der Waals surface area contributed by atoms with E-state index in [9.17, 15) is 9.59 Å². The summed E-state index contributed by atoms with van der Waals surface area (Å²) in [5.74, 6) is -1.25. The van der Waals surface area contributed by atoms with Crippen molar-refractivity contribution in [2.75, 3.05) is 26.3 Å². The molecule has 1 N–H and O–H groups in total. The van der Waals surface area contributed by atoms with Gasteiger partial charge in [-0.1, -0.05) is 30.3 Å². The lowest BCUT2D eigenvalue weighted by molar-refractivity contribution is -0.167. The zero-order chi connectivity index (χ0) is 15.9. The van der Waals surface area contributed by atoms with E-state index in [1.807, 2.05) is 30.3 Å². The van der Waals surface area contributed by atoms with Crippen LogP contribution in [0.15, 0.2) is 30.3 Å². The van der Waals surface area contributed by atoms with Crippen LogP contribution < -0.4 is 0 Å². The van der Waals surface area contributed by atoms with E-state index in [1.165, 1.54) is 4.90 Å². The molecule has 1 aromatic rings. The van der Waals surface area contributed by atoms with Gasteiger partial charge in [0.25, 0.3) is 0 Å². The first-order valence-corrected chi connectivity index (χ1v) is 7.34. The predicted octanol–water partition coefficient (Wildman–Crippen LogP) is 0.946. The quantitative estimate of drug-likeness (QED) is 0.792. The molecule has 1 amide bonds. The van der Waals surface area contributed by atoms with Gasteiger partial charge in [0.1, 0.15) is 6.61 Å². The SMILES string of the molecule is C[C@@H]1CN(C(=O)COCCc2ccccc2)CC(C(=O)O)O1. The number of nitrogens with zero attached hydrogens (tertiary/aromatic N) is 1. The standard InChI is InChI=1S/C16H21NO5/c1-12-9-17(10-14(22-12)16(19)20)15(18)11-21-8-7-13-5-3-2-4-6-13/h2-6,12,14H,7-11H2,1H3,(H,19,20)/t12-,14?/m1/s1. The number of benzene rings is 1. The second-order valence-electron chi connectivity index (χ2n) is 5.36. The molecule has 0 saturated carbocycles. The second kappa shape index (κ2) is 7.91. The zero-order valence-corrected chi connectivity index (χ0v) is 12.6. The first-order valence-electron chi connectivity index (χ1n) is 7.34. The van der Waals surface area contributed by atoms with Gasteiger partial charge in [-0.05, 0) is 18.9 Å². The molecule has 1 saturated heterocycles. The maximum absolute atomic E-state index is 12.1. The number of aliphatic carboxylic acids is 1. The van der Waals surface area contributed by atoms with E-state index in [1.54, 1.807) is 6.92 Å². The van der Waals surface area contributed by atoms with Crippen LogP contribution in [0.2, 0.25) is 0 Å². The van der Waals surface area contributed by atoms with Crippen LogP contribution in [-0.4, -0.2) is 60.4 Å². The predicted molar refractivity (Wildman–Crippen MR) is 79.5 cm³/mol. The molecule has 1 aromatic carbocycles. The topological polar surface area (TPSA) is 76.1 Å². The van der Waals surface area contributed by atoms with E-state index in [-0.39, 0.29) is 25.2 Å². The van der Waals surface area contributed by atoms with Crippen LogP contribution in [-0.2, 0) is 25.5 Å². The first kappa shape index (κ1) is 16.5. The summed E-state index contributed by atoms with van der Waals surface area (Å²) in [4.78, 5) is 24.6. The van der Waals surface area contributed by atoms with Crippen molar-refractivity contribution in [1.82, 2.24) is 4.90 Å². The molecule has 1 aliphatic heterocycles. The van der Waals surface area contributed by atoms with E-state index >= 15 is 0 Å². The van der Waals surface area contributed by atoms with Crippen molar-refractivity contribution in [3.8, 4) is 0 Å². The third kappa shape index (κ3) is 4.82. The number of morpholine rings is 1. The zero-order valence-electron chi connectivity index (χ0n) is 12.6. The lowest BCUT2D eigenvalue weighted by atomic mass is 10.2. The lowest BCUT2D eigenvalue weighted by Gasteiger charge is -2.34. The number of rotatable bonds is 6. The van der Waals surface area contributed by atoms with E-state index in [4.69, 9.17) is 14.6 Å². The van der Waals surface area contributed by atoms with Crippen LogP contribution >= 0.6 is 0 Å². The Labute approximate surface area is 129 Å². The van der Waals surface area contributed by atoms with Crippen LogP contribution in [0.25, 0.3) is 0 Å². The number of carbonyl (C=O) groups is 2. The molecule has 1 aliphatic rings. The van der Waals surface area contributed by atoms with Gasteiger partial charge in [-0.2, -0.15) is 0 Å². The van der Waals surface area contributed by atoms with Crippen LogP contribution in [0.4, 0.5) is 0 Å². The van der Waals surface area contributed by atoms with Gasteiger partial charge in [0.15, 0.2) is 6.10 Å². The van der Waals surface area contributed by atoms with E-state index in [2.05, 4.69) is 0 Å². The Kier molecular flexibility index (Phi) is 5.91. The average Bonchev–Trinajstić information content (AvgIpc) is 2.51. The fourth-order valence-electron chi connectivity index (χ4n) is 2.38. The summed E-state index contributed by atoms with van der Waals surface area (Å²) in [5.41, 5.74) is 1.15. The minimum Gasteiger partial charge on any atom is -0.479 e. The van der Waals surface area contributed by atoms with E-state index in [0.717, 1.165) is 12.0 Å². The number of carbonyl (C=O) groups excluding carboxylic acids is 1. The Morgan fingerprint density at radius 3 is 2.73 bits per heavy atom. The molecule has 6 nitrogen and oxygen atoms in total. The third-order valence-electron chi connectivity index (χ3n) is 3.49. The van der Waals surface area contributed by atoms with Crippen molar-refractivity contribution in [1.29, 1.82) is 0 Å². The molecule has 0 aromatic heterocycles. The van der Waals surface area contributed by atoms with Gasteiger partial charge in [-0.25, -0.2) is 4.79 Å². The van der Waals surface area contributed by atoms with Crippen LogP contribution in [0.5, 0.6) is 0 Å². The van der Waals surface area contributed by atoms with Gasteiger partial charge >= 0.3 is 5.97 Å². The van der Waals surface area contributed by atoms with Gasteiger partial charge in [0.2, 0.25) is 5.91 Å². The van der Waals surface area contributed by atoms with E-state index < -0.39 is 12.1 Å². The van der Waals surface area contributed by atoms with Crippen molar-refractivity contribution in [2.45, 2.75) is 25.6 Å². The summed E-state index contributed by atoms with van der Waals surface area (Å²) in [6.45, 7) is 2.64. The largest absolute Gasteiger partial charge is 0.479 e. The molecule has 1 fully saturated rings. The highest BCUT2D eigenvalue weighted by Crippen LogP contribution is 2.11. The highest BCUT2D eigenvalue weighted by Gasteiger charge is 2.32. The molecule has 6 heteroatoms. The molecule has 120 valence electrons. The summed E-state index contributed by atoms with van der Waals surface area (Å²) in [6.07, 6.45) is -0.508. The van der Waals surface area contributed by atoms with Gasteiger partial charge in [0, 0.05) is 6.54 Å². The van der Waals surface area contributed by atoms with Gasteiger partial charge in [-0.3, -0.25) is 4.79 Å². The fraction of sp³-hybridized carbons (Fsp3) is 0.500. The monoisotopic (exact) mass is 307 g/mol. The van der Waals surface area contributed by atoms with Crippen molar-refractivity contribution in [3.63, 3.8) is 0 Å².